The Kier molecular flexibility index (Phi) is 10.0. The number of sulfonamides is 1. The van der Waals surface area contributed by atoms with Gasteiger partial charge in [0.05, 0.1) is 11.9 Å². The first-order valence-corrected chi connectivity index (χ1v) is 14.7. The largest absolute Gasteiger partial charge is 0.352 e. The van der Waals surface area contributed by atoms with Crippen LogP contribution in [0.25, 0.3) is 0 Å². The summed E-state index contributed by atoms with van der Waals surface area (Å²) >= 11 is 3.44. The fraction of sp³-hybridized carbons (Fsp3) is 0.286. The van der Waals surface area contributed by atoms with Crippen LogP contribution in [0.1, 0.15) is 25.0 Å². The van der Waals surface area contributed by atoms with Crippen LogP contribution < -0.4 is 9.62 Å². The fourth-order valence-electron chi connectivity index (χ4n) is 3.99. The predicted octanol–water partition coefficient (Wildman–Crippen LogP) is 4.52. The zero-order chi connectivity index (χ0) is 27.9. The number of halogens is 2. The summed E-state index contributed by atoms with van der Waals surface area (Å²) < 4.78 is 40.6. The number of amides is 2. The molecule has 1 atom stereocenters. The molecule has 1 N–H and O–H groups in total. The molecule has 0 heterocycles. The summed E-state index contributed by atoms with van der Waals surface area (Å²) in [5.41, 5.74) is 1.76. The van der Waals surface area contributed by atoms with E-state index >= 15 is 0 Å². The number of anilines is 1. The minimum Gasteiger partial charge on any atom is -0.352 e. The van der Waals surface area contributed by atoms with Crippen molar-refractivity contribution >= 4 is 43.5 Å². The lowest BCUT2D eigenvalue weighted by Gasteiger charge is -2.34. The Morgan fingerprint density at radius 1 is 0.947 bits per heavy atom. The molecule has 10 heteroatoms. The Balaban J connectivity index is 2.05. The third-order valence-electron chi connectivity index (χ3n) is 5.74. The van der Waals surface area contributed by atoms with E-state index in [2.05, 4.69) is 21.2 Å². The third-order valence-corrected chi connectivity index (χ3v) is 7.37. The van der Waals surface area contributed by atoms with Crippen molar-refractivity contribution in [3.63, 3.8) is 0 Å². The molecule has 7 nitrogen and oxygen atoms in total. The molecule has 0 aliphatic heterocycles. The van der Waals surface area contributed by atoms with Gasteiger partial charge in [-0.05, 0) is 61.4 Å². The van der Waals surface area contributed by atoms with Crippen LogP contribution in [0.15, 0.2) is 83.3 Å². The second-order valence-corrected chi connectivity index (χ2v) is 12.1. The number of nitrogens with zero attached hydrogens (tertiary/aromatic N) is 2. The van der Waals surface area contributed by atoms with Gasteiger partial charge in [0.2, 0.25) is 21.8 Å². The minimum absolute atomic E-state index is 0.0717. The maximum atomic E-state index is 13.9. The van der Waals surface area contributed by atoms with Gasteiger partial charge in [0, 0.05) is 23.5 Å². The van der Waals surface area contributed by atoms with Gasteiger partial charge in [0.15, 0.2) is 0 Å². The summed E-state index contributed by atoms with van der Waals surface area (Å²) in [5.74, 6) is -1.45. The van der Waals surface area contributed by atoms with Gasteiger partial charge in [-0.2, -0.15) is 0 Å². The van der Waals surface area contributed by atoms with Crippen LogP contribution in [0.5, 0.6) is 0 Å². The van der Waals surface area contributed by atoms with Crippen molar-refractivity contribution in [2.75, 3.05) is 17.1 Å². The molecule has 38 heavy (non-hydrogen) atoms. The van der Waals surface area contributed by atoms with Crippen molar-refractivity contribution in [1.29, 1.82) is 0 Å². The molecule has 202 valence electrons. The van der Waals surface area contributed by atoms with Crippen molar-refractivity contribution in [3.8, 4) is 0 Å². The molecule has 0 saturated heterocycles. The van der Waals surface area contributed by atoms with Gasteiger partial charge in [-0.1, -0.05) is 58.4 Å². The first-order chi connectivity index (χ1) is 17.9. The zero-order valence-electron chi connectivity index (χ0n) is 21.5. The van der Waals surface area contributed by atoms with Crippen LogP contribution in [0.4, 0.5) is 10.1 Å². The van der Waals surface area contributed by atoms with Gasteiger partial charge < -0.3 is 10.2 Å². The van der Waals surface area contributed by atoms with Gasteiger partial charge in [-0.25, -0.2) is 12.8 Å². The van der Waals surface area contributed by atoms with E-state index in [9.17, 15) is 22.4 Å². The van der Waals surface area contributed by atoms with Crippen LogP contribution in [0.3, 0.4) is 0 Å². The first-order valence-electron chi connectivity index (χ1n) is 12.1. The molecule has 0 aliphatic carbocycles. The lowest BCUT2D eigenvalue weighted by Crippen LogP contribution is -2.54. The molecule has 0 aromatic heterocycles. The molecule has 0 fully saturated rings. The third kappa shape index (κ3) is 8.39. The van der Waals surface area contributed by atoms with E-state index in [1.807, 2.05) is 68.4 Å². The Morgan fingerprint density at radius 3 is 2.16 bits per heavy atom. The number of hydrogen-bond donors (Lipinski definition) is 1. The number of nitrogens with one attached hydrogen (secondary N) is 1. The number of carbonyl (C=O) groups is 2. The van der Waals surface area contributed by atoms with Crippen LogP contribution in [0.2, 0.25) is 0 Å². The van der Waals surface area contributed by atoms with E-state index in [1.54, 1.807) is 0 Å². The summed E-state index contributed by atoms with van der Waals surface area (Å²) in [7, 11) is -3.91. The SMILES string of the molecule is CC(C)NC(=O)[C@H](Cc1ccccc1)N(Cc1cccc(Br)c1)C(=O)CN(c1ccc(F)cc1)S(C)(=O)=O. The summed E-state index contributed by atoms with van der Waals surface area (Å²) in [6.07, 6.45) is 1.21. The zero-order valence-corrected chi connectivity index (χ0v) is 23.9. The van der Waals surface area contributed by atoms with E-state index in [-0.39, 0.29) is 30.6 Å². The molecule has 0 saturated carbocycles. The average molecular weight is 605 g/mol. The molecule has 0 radical (unpaired) electrons. The van der Waals surface area contributed by atoms with Crippen molar-refractivity contribution < 1.29 is 22.4 Å². The fourth-order valence-corrected chi connectivity index (χ4v) is 5.28. The summed E-state index contributed by atoms with van der Waals surface area (Å²) in [6.45, 7) is 3.18. The van der Waals surface area contributed by atoms with Crippen molar-refractivity contribution in [2.24, 2.45) is 0 Å². The Bertz CT molecular complexity index is 1350. The molecule has 0 bridgehead atoms. The number of benzene rings is 3. The van der Waals surface area contributed by atoms with Crippen LogP contribution in [-0.4, -0.2) is 50.0 Å². The normalized spacial score (nSPS) is 12.2. The van der Waals surface area contributed by atoms with Crippen molar-refractivity contribution in [3.05, 3.63) is 100 Å². The van der Waals surface area contributed by atoms with Crippen LogP contribution in [0, 0.1) is 5.82 Å². The lowest BCUT2D eigenvalue weighted by molar-refractivity contribution is -0.140. The Labute approximate surface area is 231 Å². The average Bonchev–Trinajstić information content (AvgIpc) is 2.85. The molecule has 3 aromatic rings. The van der Waals surface area contributed by atoms with E-state index < -0.39 is 34.3 Å². The maximum absolute atomic E-state index is 13.9. The Hall–Kier alpha value is -3.24. The number of hydrogen-bond acceptors (Lipinski definition) is 4. The van der Waals surface area contributed by atoms with Gasteiger partial charge in [-0.3, -0.25) is 13.9 Å². The summed E-state index contributed by atoms with van der Waals surface area (Å²) in [6, 6.07) is 20.4. The monoisotopic (exact) mass is 603 g/mol. The summed E-state index contributed by atoms with van der Waals surface area (Å²) in [4.78, 5) is 28.8. The molecule has 0 unspecified atom stereocenters. The van der Waals surface area contributed by atoms with Gasteiger partial charge in [-0.15, -0.1) is 0 Å². The number of carbonyl (C=O) groups excluding carboxylic acids is 2. The molecule has 0 spiro atoms. The Morgan fingerprint density at radius 2 is 1.58 bits per heavy atom. The maximum Gasteiger partial charge on any atom is 0.244 e. The molecule has 2 amide bonds. The highest BCUT2D eigenvalue weighted by Gasteiger charge is 2.33. The molecular formula is C28H31BrFN3O4S. The minimum atomic E-state index is -3.91. The second-order valence-electron chi connectivity index (χ2n) is 9.27. The van der Waals surface area contributed by atoms with Gasteiger partial charge in [0.1, 0.15) is 18.4 Å². The van der Waals surface area contributed by atoms with Crippen molar-refractivity contribution in [2.45, 2.75) is 38.9 Å². The highest BCUT2D eigenvalue weighted by atomic mass is 79.9. The van der Waals surface area contributed by atoms with Gasteiger partial charge in [0.25, 0.3) is 0 Å². The second kappa shape index (κ2) is 13.0. The number of rotatable bonds is 11. The quantitative estimate of drug-likeness (QED) is 0.349. The topological polar surface area (TPSA) is 86.8 Å². The molecule has 0 aliphatic rings. The van der Waals surface area contributed by atoms with E-state index in [0.29, 0.717) is 0 Å². The molecule has 3 rings (SSSR count). The summed E-state index contributed by atoms with van der Waals surface area (Å²) in [5, 5.41) is 2.90. The predicted molar refractivity (Wildman–Crippen MR) is 150 cm³/mol. The van der Waals surface area contributed by atoms with E-state index in [0.717, 1.165) is 38.3 Å². The van der Waals surface area contributed by atoms with E-state index in [4.69, 9.17) is 0 Å². The molecule has 3 aromatic carbocycles. The molecular weight excluding hydrogens is 573 g/mol. The smallest absolute Gasteiger partial charge is 0.244 e. The first kappa shape index (κ1) is 29.3. The standard InChI is InChI=1S/C28H31BrFN3O4S/c1-20(2)31-28(35)26(17-21-8-5-4-6-9-21)32(18-22-10-7-11-23(29)16-22)27(34)19-33(38(3,36)37)25-14-12-24(30)13-15-25/h4-16,20,26H,17-19H2,1-3H3,(H,31,35)/t26-/m0/s1. The van der Waals surface area contributed by atoms with Crippen molar-refractivity contribution in [1.82, 2.24) is 10.2 Å². The van der Waals surface area contributed by atoms with E-state index in [1.165, 1.54) is 17.0 Å². The highest BCUT2D eigenvalue weighted by molar-refractivity contribution is 9.10. The lowest BCUT2D eigenvalue weighted by atomic mass is 10.0. The van der Waals surface area contributed by atoms with Crippen LogP contribution in [-0.2, 0) is 32.6 Å². The van der Waals surface area contributed by atoms with Gasteiger partial charge >= 0.3 is 0 Å². The van der Waals surface area contributed by atoms with Crippen LogP contribution >= 0.6 is 15.9 Å². The highest BCUT2D eigenvalue weighted by Crippen LogP contribution is 2.21.